The first-order valence-corrected chi connectivity index (χ1v) is 8.28. The van der Waals surface area contributed by atoms with Crippen LogP contribution in [0, 0.1) is 19.7 Å². The molecule has 0 fully saturated rings. The van der Waals surface area contributed by atoms with Gasteiger partial charge in [0.1, 0.15) is 5.82 Å². The number of pyridine rings is 1. The highest BCUT2D eigenvalue weighted by Gasteiger charge is 2.11. The molecule has 1 heterocycles. The number of carbonyl (C=O) groups is 1. The van der Waals surface area contributed by atoms with Crippen molar-refractivity contribution in [3.05, 3.63) is 69.8 Å². The number of benzene rings is 1. The first-order chi connectivity index (χ1) is 11.9. The summed E-state index contributed by atoms with van der Waals surface area (Å²) in [6.07, 6.45) is 4.56. The summed E-state index contributed by atoms with van der Waals surface area (Å²) in [7, 11) is 0. The number of nitrogens with one attached hydrogen (secondary N) is 1. The molecule has 1 amide bonds. The molecule has 0 aliphatic heterocycles. The smallest absolute Gasteiger partial charge is 0.243 e. The van der Waals surface area contributed by atoms with Gasteiger partial charge in [0.25, 0.3) is 0 Å². The second-order valence-corrected chi connectivity index (χ2v) is 6.22. The Morgan fingerprint density at radius 1 is 1.36 bits per heavy atom. The minimum atomic E-state index is -0.472. The quantitative estimate of drug-likeness (QED) is 0.591. The van der Waals surface area contributed by atoms with Crippen molar-refractivity contribution in [2.24, 2.45) is 0 Å². The number of hydrogen-bond donors (Lipinski definition) is 2. The molecule has 0 atom stereocenters. The number of rotatable bonds is 6. The van der Waals surface area contributed by atoms with Gasteiger partial charge in [-0.05, 0) is 55.5 Å². The molecule has 0 saturated heterocycles. The Kier molecular flexibility index (Phi) is 6.67. The van der Waals surface area contributed by atoms with Crippen LogP contribution in [0.5, 0.6) is 0 Å². The highest BCUT2D eigenvalue weighted by atomic mass is 35.5. The van der Waals surface area contributed by atoms with Crippen molar-refractivity contribution in [2.75, 3.05) is 0 Å². The minimum absolute atomic E-state index is 0.121. The molecule has 0 bridgehead atoms. The maximum Gasteiger partial charge on any atom is 0.243 e. The van der Waals surface area contributed by atoms with E-state index in [9.17, 15) is 9.18 Å². The van der Waals surface area contributed by atoms with Gasteiger partial charge >= 0.3 is 0 Å². The number of carbonyl (C=O) groups excluding carboxylic acids is 1. The van der Waals surface area contributed by atoms with Gasteiger partial charge in [-0.25, -0.2) is 9.87 Å². The van der Waals surface area contributed by atoms with Crippen LogP contribution in [0.15, 0.2) is 36.5 Å². The normalized spacial score (nSPS) is 11.5. The Bertz CT molecular complexity index is 806. The summed E-state index contributed by atoms with van der Waals surface area (Å²) in [6, 6.07) is 6.78. The molecular weight excluding hydrogens is 343 g/mol. The number of halogens is 2. The molecule has 0 aliphatic rings. The zero-order chi connectivity index (χ0) is 18.4. The monoisotopic (exact) mass is 362 g/mol. The number of aromatic nitrogens is 1. The zero-order valence-corrected chi connectivity index (χ0v) is 14.9. The van der Waals surface area contributed by atoms with Gasteiger partial charge in [-0.3, -0.25) is 15.0 Å². The van der Waals surface area contributed by atoms with E-state index in [4.69, 9.17) is 16.8 Å². The largest absolute Gasteiger partial charge is 0.289 e. The lowest BCUT2D eigenvalue weighted by atomic mass is 9.96. The van der Waals surface area contributed by atoms with E-state index in [0.29, 0.717) is 23.4 Å². The van der Waals surface area contributed by atoms with Gasteiger partial charge in [0.05, 0.1) is 5.02 Å². The lowest BCUT2D eigenvalue weighted by molar-refractivity contribution is -0.129. The van der Waals surface area contributed by atoms with E-state index in [0.717, 1.165) is 22.4 Å². The van der Waals surface area contributed by atoms with Crippen LogP contribution >= 0.6 is 11.6 Å². The fourth-order valence-corrected chi connectivity index (χ4v) is 2.75. The number of hydrogen-bond acceptors (Lipinski definition) is 3. The average molecular weight is 363 g/mol. The van der Waals surface area contributed by atoms with Gasteiger partial charge in [0.15, 0.2) is 0 Å². The first-order valence-electron chi connectivity index (χ1n) is 7.91. The van der Waals surface area contributed by atoms with Crippen molar-refractivity contribution < 1.29 is 14.4 Å². The van der Waals surface area contributed by atoms with Gasteiger partial charge in [0, 0.05) is 23.9 Å². The third kappa shape index (κ3) is 5.11. The van der Waals surface area contributed by atoms with Crippen molar-refractivity contribution in [3.63, 3.8) is 0 Å². The van der Waals surface area contributed by atoms with Crippen LogP contribution in [0.4, 0.5) is 4.39 Å². The van der Waals surface area contributed by atoms with E-state index < -0.39 is 5.91 Å². The molecule has 2 N–H and O–H groups in total. The van der Waals surface area contributed by atoms with E-state index in [1.54, 1.807) is 30.7 Å². The molecule has 0 saturated carbocycles. The zero-order valence-electron chi connectivity index (χ0n) is 14.1. The maximum atomic E-state index is 13.7. The Hall–Kier alpha value is -2.24. The molecule has 0 radical (unpaired) electrons. The molecule has 0 unspecified atom stereocenters. The Morgan fingerprint density at radius 2 is 2.12 bits per heavy atom. The number of aryl methyl sites for hydroxylation is 1. The van der Waals surface area contributed by atoms with Crippen LogP contribution in [0.2, 0.25) is 5.02 Å². The fourth-order valence-electron chi connectivity index (χ4n) is 2.59. The molecule has 1 aromatic carbocycles. The summed E-state index contributed by atoms with van der Waals surface area (Å²) in [4.78, 5) is 15.6. The highest BCUT2D eigenvalue weighted by Crippen LogP contribution is 2.26. The Labute approximate surface area is 151 Å². The summed E-state index contributed by atoms with van der Waals surface area (Å²) in [6.45, 7) is 3.60. The van der Waals surface area contributed by atoms with Crippen molar-refractivity contribution in [1.82, 2.24) is 10.5 Å². The lowest BCUT2D eigenvalue weighted by Crippen LogP contribution is -2.18. The number of hydroxylamine groups is 1. The summed E-state index contributed by atoms with van der Waals surface area (Å²) >= 11 is 6.06. The Balaban J connectivity index is 2.34. The number of allylic oxidation sites excluding steroid dienone is 2. The van der Waals surface area contributed by atoms with Crippen LogP contribution in [-0.2, 0) is 11.2 Å². The fraction of sp³-hybridized carbons (Fsp3) is 0.263. The van der Waals surface area contributed by atoms with Crippen LogP contribution in [0.25, 0.3) is 5.57 Å². The second kappa shape index (κ2) is 8.74. The van der Waals surface area contributed by atoms with Gasteiger partial charge in [-0.1, -0.05) is 29.8 Å². The molecule has 6 heteroatoms. The van der Waals surface area contributed by atoms with Crippen molar-refractivity contribution in [3.8, 4) is 0 Å². The standard InChI is InChI=1S/C19H20ClFN2O2/c1-12-14(4-3-5-18(12)21)6-7-15(8-9-19(24)23-25)17-10-16(20)11-22-13(17)2/h3-5,7,10-11,25H,6,8-9H2,1-2H3,(H,23,24)/b15-7+. The molecule has 0 spiro atoms. The van der Waals surface area contributed by atoms with Gasteiger partial charge < -0.3 is 0 Å². The molecule has 2 aromatic rings. The Morgan fingerprint density at radius 3 is 2.84 bits per heavy atom. The van der Waals surface area contributed by atoms with Crippen LogP contribution in [0.1, 0.15) is 35.2 Å². The maximum absolute atomic E-state index is 13.7. The van der Waals surface area contributed by atoms with Crippen LogP contribution in [0.3, 0.4) is 0 Å². The summed E-state index contributed by atoms with van der Waals surface area (Å²) in [5.74, 6) is -0.715. The topological polar surface area (TPSA) is 62.2 Å². The van der Waals surface area contributed by atoms with Crippen LogP contribution < -0.4 is 5.48 Å². The molecular formula is C19H20ClFN2O2. The summed E-state index contributed by atoms with van der Waals surface area (Å²) in [5, 5.41) is 9.20. The average Bonchev–Trinajstić information content (AvgIpc) is 2.60. The SMILES string of the molecule is Cc1ncc(Cl)cc1/C(=C/Cc1cccc(F)c1C)CCC(=O)NO. The summed E-state index contributed by atoms with van der Waals surface area (Å²) in [5.41, 5.74) is 5.61. The number of nitrogens with zero attached hydrogens (tertiary/aromatic N) is 1. The molecule has 2 rings (SSSR count). The van der Waals surface area contributed by atoms with E-state index in [1.807, 2.05) is 19.1 Å². The predicted molar refractivity (Wildman–Crippen MR) is 96.0 cm³/mol. The minimum Gasteiger partial charge on any atom is -0.289 e. The van der Waals surface area contributed by atoms with Gasteiger partial charge in [-0.2, -0.15) is 0 Å². The molecule has 132 valence electrons. The third-order valence-corrected chi connectivity index (χ3v) is 4.30. The van der Waals surface area contributed by atoms with E-state index >= 15 is 0 Å². The van der Waals surface area contributed by atoms with Crippen molar-refractivity contribution in [2.45, 2.75) is 33.1 Å². The lowest BCUT2D eigenvalue weighted by Gasteiger charge is -2.12. The molecule has 4 nitrogen and oxygen atoms in total. The van der Waals surface area contributed by atoms with E-state index in [2.05, 4.69) is 4.98 Å². The third-order valence-electron chi connectivity index (χ3n) is 4.09. The van der Waals surface area contributed by atoms with Crippen molar-refractivity contribution in [1.29, 1.82) is 0 Å². The summed E-state index contributed by atoms with van der Waals surface area (Å²) < 4.78 is 13.7. The number of amides is 1. The van der Waals surface area contributed by atoms with Gasteiger partial charge in [-0.15, -0.1) is 0 Å². The molecule has 0 aliphatic carbocycles. The van der Waals surface area contributed by atoms with E-state index in [1.165, 1.54) is 6.07 Å². The second-order valence-electron chi connectivity index (χ2n) is 5.78. The van der Waals surface area contributed by atoms with Crippen LogP contribution in [-0.4, -0.2) is 16.1 Å². The van der Waals surface area contributed by atoms with E-state index in [-0.39, 0.29) is 12.2 Å². The molecule has 1 aromatic heterocycles. The highest BCUT2D eigenvalue weighted by molar-refractivity contribution is 6.30. The predicted octanol–water partition coefficient (Wildman–Crippen LogP) is 4.40. The first kappa shape index (κ1) is 19.1. The van der Waals surface area contributed by atoms with Crippen molar-refractivity contribution >= 4 is 23.1 Å². The molecule has 25 heavy (non-hydrogen) atoms. The van der Waals surface area contributed by atoms with Gasteiger partial charge in [0.2, 0.25) is 5.91 Å².